The van der Waals surface area contributed by atoms with Crippen LogP contribution in [-0.4, -0.2) is 28.7 Å². The number of nitrogens with two attached hydrogens (primary N) is 1. The van der Waals surface area contributed by atoms with E-state index in [2.05, 4.69) is 15.5 Å². The van der Waals surface area contributed by atoms with Gasteiger partial charge in [0.25, 0.3) is 5.91 Å². The van der Waals surface area contributed by atoms with E-state index >= 15 is 0 Å². The highest BCUT2D eigenvalue weighted by atomic mass is 16.1. The number of aromatic nitrogens is 2. The van der Waals surface area contributed by atoms with Gasteiger partial charge in [-0.05, 0) is 37.7 Å². The number of hydrogen-bond acceptors (Lipinski definition) is 4. The topological polar surface area (TPSA) is 80.9 Å². The van der Waals surface area contributed by atoms with Crippen molar-refractivity contribution in [2.24, 2.45) is 11.7 Å². The average molecular weight is 234 g/mol. The summed E-state index contributed by atoms with van der Waals surface area (Å²) in [6.45, 7) is 0.730. The molecule has 1 aromatic heterocycles. The van der Waals surface area contributed by atoms with Crippen molar-refractivity contribution < 1.29 is 4.79 Å². The van der Waals surface area contributed by atoms with Crippen LogP contribution in [0.2, 0.25) is 0 Å². The Kier molecular flexibility index (Phi) is 4.03. The van der Waals surface area contributed by atoms with Gasteiger partial charge in [0.2, 0.25) is 0 Å². The van der Waals surface area contributed by atoms with Crippen LogP contribution in [-0.2, 0) is 0 Å². The number of nitrogens with zero attached hydrogens (tertiary/aromatic N) is 2. The van der Waals surface area contributed by atoms with E-state index in [9.17, 15) is 4.79 Å². The molecule has 0 unspecified atom stereocenters. The Morgan fingerprint density at radius 3 is 2.76 bits per heavy atom. The molecule has 1 saturated carbocycles. The molecule has 1 aliphatic carbocycles. The van der Waals surface area contributed by atoms with E-state index in [0.29, 0.717) is 17.5 Å². The van der Waals surface area contributed by atoms with E-state index in [1.807, 2.05) is 0 Å². The highest BCUT2D eigenvalue weighted by molar-refractivity contribution is 5.93. The molecular formula is C12H18N4O. The second kappa shape index (κ2) is 5.72. The van der Waals surface area contributed by atoms with Crippen molar-refractivity contribution in [3.05, 3.63) is 24.0 Å². The SMILES string of the molecule is NC1CCC(CNC(=O)c2ccnnc2)CC1. The minimum absolute atomic E-state index is 0.0743. The molecule has 0 bridgehead atoms. The normalized spacial score (nSPS) is 24.3. The molecule has 0 spiro atoms. The van der Waals surface area contributed by atoms with Crippen LogP contribution in [0.4, 0.5) is 0 Å². The van der Waals surface area contributed by atoms with E-state index in [1.165, 1.54) is 12.4 Å². The summed E-state index contributed by atoms with van der Waals surface area (Å²) >= 11 is 0. The molecule has 1 heterocycles. The smallest absolute Gasteiger partial charge is 0.252 e. The molecule has 0 atom stereocenters. The van der Waals surface area contributed by atoms with Gasteiger partial charge in [-0.25, -0.2) is 0 Å². The Hall–Kier alpha value is -1.49. The maximum Gasteiger partial charge on any atom is 0.252 e. The third-order valence-corrected chi connectivity index (χ3v) is 3.29. The Morgan fingerprint density at radius 1 is 1.35 bits per heavy atom. The van der Waals surface area contributed by atoms with Crippen LogP contribution in [0.1, 0.15) is 36.0 Å². The summed E-state index contributed by atoms with van der Waals surface area (Å²) in [7, 11) is 0. The second-order valence-corrected chi connectivity index (χ2v) is 4.62. The van der Waals surface area contributed by atoms with Gasteiger partial charge in [-0.3, -0.25) is 4.79 Å². The first-order valence-electron chi connectivity index (χ1n) is 6.06. The summed E-state index contributed by atoms with van der Waals surface area (Å²) < 4.78 is 0. The van der Waals surface area contributed by atoms with E-state index in [-0.39, 0.29) is 5.91 Å². The summed E-state index contributed by atoms with van der Waals surface area (Å²) in [5.41, 5.74) is 6.40. The summed E-state index contributed by atoms with van der Waals surface area (Å²) in [5.74, 6) is 0.489. The minimum Gasteiger partial charge on any atom is -0.352 e. The highest BCUT2D eigenvalue weighted by Gasteiger charge is 2.19. The first-order chi connectivity index (χ1) is 8.25. The number of carbonyl (C=O) groups excluding carboxylic acids is 1. The molecule has 0 radical (unpaired) electrons. The quantitative estimate of drug-likeness (QED) is 0.807. The molecule has 0 aromatic carbocycles. The van der Waals surface area contributed by atoms with Gasteiger partial charge in [-0.2, -0.15) is 10.2 Å². The molecule has 1 amide bonds. The molecule has 1 aliphatic rings. The Morgan fingerprint density at radius 2 is 2.12 bits per heavy atom. The van der Waals surface area contributed by atoms with Crippen LogP contribution in [0, 0.1) is 5.92 Å². The van der Waals surface area contributed by atoms with Crippen LogP contribution in [0.3, 0.4) is 0 Å². The van der Waals surface area contributed by atoms with Crippen molar-refractivity contribution in [3.63, 3.8) is 0 Å². The zero-order valence-corrected chi connectivity index (χ0v) is 9.80. The monoisotopic (exact) mass is 234 g/mol. The van der Waals surface area contributed by atoms with Gasteiger partial charge in [0.15, 0.2) is 0 Å². The van der Waals surface area contributed by atoms with Crippen molar-refractivity contribution in [2.45, 2.75) is 31.7 Å². The number of carbonyl (C=O) groups is 1. The molecule has 1 fully saturated rings. The number of hydrogen-bond donors (Lipinski definition) is 2. The van der Waals surface area contributed by atoms with E-state index in [0.717, 1.165) is 32.2 Å². The number of rotatable bonds is 3. The van der Waals surface area contributed by atoms with Gasteiger partial charge in [0, 0.05) is 12.6 Å². The lowest BCUT2D eigenvalue weighted by molar-refractivity contribution is 0.0942. The molecule has 17 heavy (non-hydrogen) atoms. The molecule has 92 valence electrons. The largest absolute Gasteiger partial charge is 0.352 e. The first kappa shape index (κ1) is 12.0. The molecule has 1 aromatic rings. The predicted molar refractivity (Wildman–Crippen MR) is 64.3 cm³/mol. The van der Waals surface area contributed by atoms with Crippen LogP contribution in [0.5, 0.6) is 0 Å². The lowest BCUT2D eigenvalue weighted by Crippen LogP contribution is -2.34. The van der Waals surface area contributed by atoms with Crippen molar-refractivity contribution in [1.82, 2.24) is 15.5 Å². The van der Waals surface area contributed by atoms with Crippen LogP contribution in [0.25, 0.3) is 0 Å². The van der Waals surface area contributed by atoms with Crippen LogP contribution >= 0.6 is 0 Å². The van der Waals surface area contributed by atoms with Crippen molar-refractivity contribution in [2.75, 3.05) is 6.54 Å². The predicted octanol–water partition coefficient (Wildman–Crippen LogP) is 0.724. The fourth-order valence-electron chi connectivity index (χ4n) is 2.16. The van der Waals surface area contributed by atoms with Crippen molar-refractivity contribution in [1.29, 1.82) is 0 Å². The van der Waals surface area contributed by atoms with Crippen LogP contribution < -0.4 is 11.1 Å². The molecule has 0 aliphatic heterocycles. The van der Waals surface area contributed by atoms with E-state index in [1.54, 1.807) is 6.07 Å². The molecule has 3 N–H and O–H groups in total. The number of amides is 1. The fourth-order valence-corrected chi connectivity index (χ4v) is 2.16. The summed E-state index contributed by atoms with van der Waals surface area (Å²) in [6.07, 6.45) is 7.35. The standard InChI is InChI=1S/C12H18N4O/c13-11-3-1-9(2-4-11)7-14-12(17)10-5-6-15-16-8-10/h5-6,8-9,11H,1-4,7,13H2,(H,14,17). The molecule has 5 nitrogen and oxygen atoms in total. The molecule has 5 heteroatoms. The van der Waals surface area contributed by atoms with Gasteiger partial charge >= 0.3 is 0 Å². The maximum absolute atomic E-state index is 11.7. The summed E-state index contributed by atoms with van der Waals surface area (Å²) in [6, 6.07) is 2.02. The Labute approximate surface area is 101 Å². The third kappa shape index (κ3) is 3.49. The van der Waals surface area contributed by atoms with E-state index in [4.69, 9.17) is 5.73 Å². The Bertz CT molecular complexity index is 360. The summed E-state index contributed by atoms with van der Waals surface area (Å²) in [5, 5.41) is 10.3. The van der Waals surface area contributed by atoms with Gasteiger partial charge in [-0.1, -0.05) is 0 Å². The minimum atomic E-state index is -0.0743. The fraction of sp³-hybridized carbons (Fsp3) is 0.583. The van der Waals surface area contributed by atoms with Gasteiger partial charge < -0.3 is 11.1 Å². The van der Waals surface area contributed by atoms with Crippen molar-refractivity contribution in [3.8, 4) is 0 Å². The lowest BCUT2D eigenvalue weighted by atomic mass is 9.86. The zero-order chi connectivity index (χ0) is 12.1. The van der Waals surface area contributed by atoms with Crippen molar-refractivity contribution >= 4 is 5.91 Å². The van der Waals surface area contributed by atoms with E-state index < -0.39 is 0 Å². The second-order valence-electron chi connectivity index (χ2n) is 4.62. The summed E-state index contributed by atoms with van der Waals surface area (Å²) in [4.78, 5) is 11.7. The molecule has 0 saturated heterocycles. The van der Waals surface area contributed by atoms with Gasteiger partial charge in [0.1, 0.15) is 0 Å². The number of nitrogens with one attached hydrogen (secondary N) is 1. The molecular weight excluding hydrogens is 216 g/mol. The maximum atomic E-state index is 11.7. The van der Waals surface area contributed by atoms with Gasteiger partial charge in [0.05, 0.1) is 18.0 Å². The Balaban J connectivity index is 1.77. The third-order valence-electron chi connectivity index (χ3n) is 3.29. The zero-order valence-electron chi connectivity index (χ0n) is 9.80. The average Bonchev–Trinajstić information content (AvgIpc) is 2.39. The lowest BCUT2D eigenvalue weighted by Gasteiger charge is -2.26. The highest BCUT2D eigenvalue weighted by Crippen LogP contribution is 2.22. The first-order valence-corrected chi connectivity index (χ1v) is 6.06. The van der Waals surface area contributed by atoms with Crippen LogP contribution in [0.15, 0.2) is 18.5 Å². The molecule has 2 rings (SSSR count). The van der Waals surface area contributed by atoms with Gasteiger partial charge in [-0.15, -0.1) is 0 Å².